The number of likely N-dealkylation sites (tertiary alicyclic amines) is 1. The van der Waals surface area contributed by atoms with Crippen LogP contribution in [0.25, 0.3) is 0 Å². The first kappa shape index (κ1) is 53.0. The van der Waals surface area contributed by atoms with E-state index in [4.69, 9.17) is 18.9 Å². The molecule has 4 fully saturated rings. The molecular weight excluding hydrogens is 775 g/mol. The van der Waals surface area contributed by atoms with E-state index in [1.807, 2.05) is 0 Å². The minimum atomic E-state index is 0.0967. The molecule has 0 amide bonds. The summed E-state index contributed by atoms with van der Waals surface area (Å²) in [5.41, 5.74) is 3.07. The summed E-state index contributed by atoms with van der Waals surface area (Å²) < 4.78 is 25.3. The standard InChI is InChI=1S/C58H103NO4/c1-9-10-11-12-13-14-15-16-17-18-19-20-21-22-23-24-38-61-45-51(44-59-37-36-56(5,6)46-59)63-42-40-60-39-41-62-50-32-34-57(7)49(43-50)28-29-52-54-31-30-53(48(4)27-25-26-47(2)3)58(54,8)35-33-55(52)57/h13-14,16-17,28,47-48,50-55H,9-12,15,18-27,29-46H2,1-8H3/b14-13-,17-16-/t48-,50+,51?,52+,53?,54?,55+,57+,58-/m1/s1. The van der Waals surface area contributed by atoms with Gasteiger partial charge in [-0.1, -0.05) is 149 Å². The molecule has 0 aromatic rings. The molecule has 0 N–H and O–H groups in total. The second kappa shape index (κ2) is 27.7. The van der Waals surface area contributed by atoms with Gasteiger partial charge in [0.15, 0.2) is 0 Å². The van der Waals surface area contributed by atoms with E-state index in [1.54, 1.807) is 5.57 Å². The zero-order valence-electron chi connectivity index (χ0n) is 42.9. The number of ether oxygens (including phenoxy) is 4. The SMILES string of the molecule is CCCCC/C=C\C/C=C\CCCCCCCCOCC(CN1CCC(C)(C)C1)OCCOCCO[C@H]1CC[C@@]2(C)C(=CC[C@H]3C4CCC([C@H](C)CCCC(C)C)[C@@]4(C)CC[C@@H]32)C1. The van der Waals surface area contributed by atoms with Crippen LogP contribution in [0.2, 0.25) is 0 Å². The van der Waals surface area contributed by atoms with Gasteiger partial charge in [-0.15, -0.1) is 0 Å². The highest BCUT2D eigenvalue weighted by Gasteiger charge is 2.59. The summed E-state index contributed by atoms with van der Waals surface area (Å²) in [4.78, 5) is 2.58. The van der Waals surface area contributed by atoms with E-state index in [1.165, 1.54) is 135 Å². The summed E-state index contributed by atoms with van der Waals surface area (Å²) in [5.74, 6) is 5.36. The Hall–Kier alpha value is -0.980. The number of nitrogens with zero attached hydrogens (tertiary/aromatic N) is 1. The van der Waals surface area contributed by atoms with Crippen molar-refractivity contribution in [3.8, 4) is 0 Å². The van der Waals surface area contributed by atoms with Crippen molar-refractivity contribution in [2.75, 3.05) is 59.3 Å². The van der Waals surface area contributed by atoms with E-state index in [-0.39, 0.29) is 6.10 Å². The summed E-state index contributed by atoms with van der Waals surface area (Å²) in [6.45, 7) is 27.1. The lowest BCUT2D eigenvalue weighted by atomic mass is 9.47. The molecule has 0 aromatic carbocycles. The smallest absolute Gasteiger partial charge is 0.0936 e. The lowest BCUT2D eigenvalue weighted by Gasteiger charge is -2.58. The lowest BCUT2D eigenvalue weighted by molar-refractivity contribution is -0.0732. The van der Waals surface area contributed by atoms with Gasteiger partial charge in [0.2, 0.25) is 0 Å². The summed E-state index contributed by atoms with van der Waals surface area (Å²) in [5, 5.41) is 0. The van der Waals surface area contributed by atoms with Crippen LogP contribution in [0, 0.1) is 51.8 Å². The van der Waals surface area contributed by atoms with E-state index < -0.39 is 0 Å². The molecule has 1 heterocycles. The first-order chi connectivity index (χ1) is 30.4. The van der Waals surface area contributed by atoms with Crippen LogP contribution in [-0.4, -0.2) is 76.4 Å². The van der Waals surface area contributed by atoms with Crippen LogP contribution >= 0.6 is 0 Å². The molecule has 0 spiro atoms. The van der Waals surface area contributed by atoms with E-state index >= 15 is 0 Å². The fourth-order valence-electron chi connectivity index (χ4n) is 13.7. The van der Waals surface area contributed by atoms with Crippen LogP contribution in [0.1, 0.15) is 209 Å². The van der Waals surface area contributed by atoms with E-state index in [0.29, 0.717) is 55.4 Å². The highest BCUT2D eigenvalue weighted by Crippen LogP contribution is 2.67. The van der Waals surface area contributed by atoms with Gasteiger partial charge in [-0.2, -0.15) is 0 Å². The van der Waals surface area contributed by atoms with Crippen LogP contribution in [-0.2, 0) is 18.9 Å². The van der Waals surface area contributed by atoms with Gasteiger partial charge in [-0.05, 0) is 155 Å². The minimum Gasteiger partial charge on any atom is -0.379 e. The van der Waals surface area contributed by atoms with Gasteiger partial charge in [-0.3, -0.25) is 0 Å². The summed E-state index contributed by atoms with van der Waals surface area (Å²) in [6.07, 6.45) is 44.1. The molecule has 9 atom stereocenters. The van der Waals surface area contributed by atoms with Gasteiger partial charge >= 0.3 is 0 Å². The third-order valence-corrected chi connectivity index (χ3v) is 17.4. The predicted octanol–water partition coefficient (Wildman–Crippen LogP) is 15.4. The maximum Gasteiger partial charge on any atom is 0.0936 e. The van der Waals surface area contributed by atoms with Crippen molar-refractivity contribution in [2.24, 2.45) is 51.8 Å². The molecule has 5 nitrogen and oxygen atoms in total. The number of allylic oxidation sites excluding steroid dienone is 5. The summed E-state index contributed by atoms with van der Waals surface area (Å²) in [7, 11) is 0. The molecule has 0 bridgehead atoms. The van der Waals surface area contributed by atoms with Crippen molar-refractivity contribution in [3.63, 3.8) is 0 Å². The Labute approximate surface area is 391 Å². The maximum atomic E-state index is 6.53. The largest absolute Gasteiger partial charge is 0.379 e. The molecule has 5 rings (SSSR count). The Bertz CT molecular complexity index is 1340. The molecule has 364 valence electrons. The second-order valence-electron chi connectivity index (χ2n) is 23.4. The highest BCUT2D eigenvalue weighted by molar-refractivity contribution is 5.25. The maximum absolute atomic E-state index is 6.53. The Kier molecular flexibility index (Phi) is 23.3. The molecule has 0 aromatic heterocycles. The van der Waals surface area contributed by atoms with Gasteiger partial charge in [0, 0.05) is 19.7 Å². The normalized spacial score (nSPS) is 30.6. The Balaban J connectivity index is 0.923. The van der Waals surface area contributed by atoms with E-state index in [9.17, 15) is 0 Å². The van der Waals surface area contributed by atoms with Crippen LogP contribution in [0.3, 0.4) is 0 Å². The fourth-order valence-corrected chi connectivity index (χ4v) is 13.7. The lowest BCUT2D eigenvalue weighted by Crippen LogP contribution is -2.51. The zero-order chi connectivity index (χ0) is 45.0. The van der Waals surface area contributed by atoms with Crippen molar-refractivity contribution in [3.05, 3.63) is 36.0 Å². The highest BCUT2D eigenvalue weighted by atomic mass is 16.6. The minimum absolute atomic E-state index is 0.0967. The first-order valence-corrected chi connectivity index (χ1v) is 27.6. The summed E-state index contributed by atoms with van der Waals surface area (Å²) in [6, 6.07) is 0. The average molecular weight is 878 g/mol. The molecule has 1 aliphatic heterocycles. The molecule has 5 heteroatoms. The van der Waals surface area contributed by atoms with Crippen LogP contribution in [0.15, 0.2) is 36.0 Å². The van der Waals surface area contributed by atoms with Gasteiger partial charge < -0.3 is 23.8 Å². The topological polar surface area (TPSA) is 40.2 Å². The molecule has 4 aliphatic carbocycles. The van der Waals surface area contributed by atoms with E-state index in [0.717, 1.165) is 81.0 Å². The van der Waals surface area contributed by atoms with Crippen LogP contribution in [0.5, 0.6) is 0 Å². The van der Waals surface area contributed by atoms with Gasteiger partial charge in [0.1, 0.15) is 0 Å². The molecule has 0 radical (unpaired) electrons. The number of rotatable bonds is 32. The van der Waals surface area contributed by atoms with Gasteiger partial charge in [0.25, 0.3) is 0 Å². The summed E-state index contributed by atoms with van der Waals surface area (Å²) >= 11 is 0. The average Bonchev–Trinajstić information content (AvgIpc) is 3.79. The third-order valence-electron chi connectivity index (χ3n) is 17.4. The van der Waals surface area contributed by atoms with Crippen LogP contribution < -0.4 is 0 Å². The van der Waals surface area contributed by atoms with Crippen LogP contribution in [0.4, 0.5) is 0 Å². The van der Waals surface area contributed by atoms with Crippen molar-refractivity contribution in [1.82, 2.24) is 4.90 Å². The quantitative estimate of drug-likeness (QED) is 0.0497. The van der Waals surface area contributed by atoms with Crippen molar-refractivity contribution < 1.29 is 18.9 Å². The Morgan fingerprint density at radius 2 is 1.46 bits per heavy atom. The molecular formula is C58H103NO4. The Morgan fingerprint density at radius 1 is 0.714 bits per heavy atom. The number of hydrogen-bond donors (Lipinski definition) is 0. The van der Waals surface area contributed by atoms with Gasteiger partial charge in [0.05, 0.1) is 45.2 Å². The number of fused-ring (bicyclic) bond motifs is 5. The Morgan fingerprint density at radius 3 is 2.21 bits per heavy atom. The third kappa shape index (κ3) is 16.9. The monoisotopic (exact) mass is 878 g/mol. The van der Waals surface area contributed by atoms with Crippen molar-refractivity contribution in [1.29, 1.82) is 0 Å². The zero-order valence-corrected chi connectivity index (χ0v) is 42.9. The second-order valence-corrected chi connectivity index (χ2v) is 23.4. The molecule has 1 saturated heterocycles. The number of hydrogen-bond acceptors (Lipinski definition) is 5. The molecule has 63 heavy (non-hydrogen) atoms. The van der Waals surface area contributed by atoms with Crippen molar-refractivity contribution >= 4 is 0 Å². The molecule has 5 aliphatic rings. The fraction of sp³-hybridized carbons (Fsp3) is 0.897. The molecule has 3 unspecified atom stereocenters. The molecule has 3 saturated carbocycles. The van der Waals surface area contributed by atoms with E-state index in [2.05, 4.69) is 90.7 Å². The number of unbranched alkanes of at least 4 members (excludes halogenated alkanes) is 9. The predicted molar refractivity (Wildman–Crippen MR) is 268 cm³/mol. The van der Waals surface area contributed by atoms with Gasteiger partial charge in [-0.25, -0.2) is 0 Å². The van der Waals surface area contributed by atoms with Crippen molar-refractivity contribution in [2.45, 2.75) is 222 Å². The first-order valence-electron chi connectivity index (χ1n) is 27.6.